The minimum Gasteiger partial charge on any atom is -0.497 e. The van der Waals surface area contributed by atoms with Crippen LogP contribution in [0.1, 0.15) is 19.4 Å². The Hall–Kier alpha value is -1.16. The van der Waals surface area contributed by atoms with Crippen molar-refractivity contribution in [2.24, 2.45) is 0 Å². The molecule has 0 spiro atoms. The highest BCUT2D eigenvalue weighted by atomic mass is 31.2. The van der Waals surface area contributed by atoms with Crippen molar-refractivity contribution >= 4 is 13.7 Å². The van der Waals surface area contributed by atoms with E-state index in [0.29, 0.717) is 11.3 Å². The molecular formula is C13H18FO4P. The second-order valence-corrected chi connectivity index (χ2v) is 5.51. The Bertz CT molecular complexity index is 460. The number of ether oxygens (including phenoxy) is 1. The summed E-state index contributed by atoms with van der Waals surface area (Å²) in [4.78, 5) is 0. The predicted octanol–water partition coefficient (Wildman–Crippen LogP) is 4.23. The molecular weight excluding hydrogens is 270 g/mol. The summed E-state index contributed by atoms with van der Waals surface area (Å²) < 4.78 is 41.0. The average Bonchev–Trinajstić information content (AvgIpc) is 2.40. The molecule has 106 valence electrons. The molecule has 0 aliphatic carbocycles. The van der Waals surface area contributed by atoms with Crippen LogP contribution in [0.3, 0.4) is 0 Å². The lowest BCUT2D eigenvalue weighted by molar-refractivity contribution is 0.220. The van der Waals surface area contributed by atoms with Crippen LogP contribution >= 0.6 is 7.60 Å². The van der Waals surface area contributed by atoms with Crippen LogP contribution in [0.25, 0.3) is 6.08 Å². The molecule has 0 atom stereocenters. The molecule has 0 saturated carbocycles. The quantitative estimate of drug-likeness (QED) is 0.704. The first kappa shape index (κ1) is 15.9. The number of benzene rings is 1. The SMILES string of the molecule is CCOP(=O)(OCC)/C(F)=C/c1ccc(OC)cc1. The first-order valence-electron chi connectivity index (χ1n) is 5.96. The Morgan fingerprint density at radius 1 is 1.21 bits per heavy atom. The molecule has 1 aromatic rings. The maximum atomic E-state index is 14.0. The fourth-order valence-electron chi connectivity index (χ4n) is 1.42. The number of halogens is 1. The molecule has 0 unspecified atom stereocenters. The van der Waals surface area contributed by atoms with Crippen molar-refractivity contribution in [2.45, 2.75) is 13.8 Å². The maximum Gasteiger partial charge on any atom is 0.389 e. The molecule has 0 N–H and O–H groups in total. The highest BCUT2D eigenvalue weighted by Crippen LogP contribution is 2.57. The summed E-state index contributed by atoms with van der Waals surface area (Å²) in [5, 5.41) is 0. The van der Waals surface area contributed by atoms with Crippen LogP contribution in [0.5, 0.6) is 5.75 Å². The molecule has 0 aliphatic rings. The zero-order valence-corrected chi connectivity index (χ0v) is 12.2. The lowest BCUT2D eigenvalue weighted by atomic mass is 10.2. The van der Waals surface area contributed by atoms with Crippen LogP contribution < -0.4 is 4.74 Å². The molecule has 0 heterocycles. The van der Waals surface area contributed by atoms with Gasteiger partial charge in [0.25, 0.3) is 0 Å². The van der Waals surface area contributed by atoms with E-state index in [1.807, 2.05) is 0 Å². The van der Waals surface area contributed by atoms with Crippen molar-refractivity contribution in [3.8, 4) is 5.75 Å². The Labute approximate surface area is 112 Å². The number of hydrogen-bond donors (Lipinski definition) is 0. The summed E-state index contributed by atoms with van der Waals surface area (Å²) in [6, 6.07) is 6.68. The molecule has 0 fully saturated rings. The Kier molecular flexibility index (Phi) is 6.22. The van der Waals surface area contributed by atoms with Crippen molar-refractivity contribution in [2.75, 3.05) is 20.3 Å². The lowest BCUT2D eigenvalue weighted by Gasteiger charge is -2.14. The van der Waals surface area contributed by atoms with Crippen LogP contribution in [-0.2, 0) is 13.6 Å². The zero-order chi connectivity index (χ0) is 14.3. The fraction of sp³-hybridized carbons (Fsp3) is 0.385. The van der Waals surface area contributed by atoms with E-state index in [0.717, 1.165) is 6.08 Å². The number of methoxy groups -OCH3 is 1. The smallest absolute Gasteiger partial charge is 0.389 e. The standard InChI is InChI=1S/C13H18FO4P/c1-4-17-19(15,18-5-2)13(14)10-11-6-8-12(16-3)9-7-11/h6-10H,4-5H2,1-3H3/b13-10+. The second kappa shape index (κ2) is 7.43. The van der Waals surface area contributed by atoms with Crippen LogP contribution in [0.4, 0.5) is 4.39 Å². The van der Waals surface area contributed by atoms with Gasteiger partial charge in [-0.05, 0) is 37.6 Å². The minimum atomic E-state index is -3.83. The van der Waals surface area contributed by atoms with Crippen LogP contribution in [0.15, 0.2) is 29.8 Å². The van der Waals surface area contributed by atoms with Gasteiger partial charge in [-0.3, -0.25) is 4.57 Å². The normalized spacial score (nSPS) is 12.5. The highest BCUT2D eigenvalue weighted by Gasteiger charge is 2.30. The third-order valence-corrected chi connectivity index (χ3v) is 4.11. The first-order chi connectivity index (χ1) is 9.05. The van der Waals surface area contributed by atoms with Gasteiger partial charge >= 0.3 is 7.60 Å². The molecule has 1 rings (SSSR count). The fourth-order valence-corrected chi connectivity index (χ4v) is 2.73. The van der Waals surface area contributed by atoms with Gasteiger partial charge in [-0.1, -0.05) is 12.1 Å². The van der Waals surface area contributed by atoms with Crippen LogP contribution in [-0.4, -0.2) is 20.3 Å². The molecule has 4 nitrogen and oxygen atoms in total. The molecule has 6 heteroatoms. The molecule has 0 radical (unpaired) electrons. The van der Waals surface area contributed by atoms with Crippen LogP contribution in [0, 0.1) is 0 Å². The second-order valence-electron chi connectivity index (χ2n) is 3.57. The Balaban J connectivity index is 2.97. The first-order valence-corrected chi connectivity index (χ1v) is 7.51. The summed E-state index contributed by atoms with van der Waals surface area (Å²) in [6.45, 7) is 3.49. The third kappa shape index (κ3) is 4.46. The van der Waals surface area contributed by atoms with E-state index in [4.69, 9.17) is 13.8 Å². The molecule has 0 bridgehead atoms. The third-order valence-electron chi connectivity index (χ3n) is 2.26. The van der Waals surface area contributed by atoms with E-state index in [-0.39, 0.29) is 13.2 Å². The molecule has 0 saturated heterocycles. The Morgan fingerprint density at radius 3 is 2.16 bits per heavy atom. The van der Waals surface area contributed by atoms with E-state index in [1.54, 1.807) is 45.2 Å². The minimum absolute atomic E-state index is 0.112. The largest absolute Gasteiger partial charge is 0.497 e. The molecule has 0 aliphatic heterocycles. The number of rotatable bonds is 7. The Morgan fingerprint density at radius 2 is 1.74 bits per heavy atom. The number of hydrogen-bond acceptors (Lipinski definition) is 4. The van der Waals surface area contributed by atoms with E-state index in [9.17, 15) is 8.96 Å². The predicted molar refractivity (Wildman–Crippen MR) is 72.9 cm³/mol. The summed E-state index contributed by atoms with van der Waals surface area (Å²) in [5.74, 6) is 0.662. The van der Waals surface area contributed by atoms with E-state index in [2.05, 4.69) is 0 Å². The topological polar surface area (TPSA) is 44.8 Å². The molecule has 0 amide bonds. The van der Waals surface area contributed by atoms with Gasteiger partial charge in [0.05, 0.1) is 20.3 Å². The van der Waals surface area contributed by atoms with Gasteiger partial charge in [0.1, 0.15) is 5.75 Å². The van der Waals surface area contributed by atoms with E-state index in [1.165, 1.54) is 0 Å². The van der Waals surface area contributed by atoms with Gasteiger partial charge in [-0.25, -0.2) is 0 Å². The summed E-state index contributed by atoms with van der Waals surface area (Å²) in [5.41, 5.74) is -0.348. The van der Waals surface area contributed by atoms with Crippen LogP contribution in [0.2, 0.25) is 0 Å². The van der Waals surface area contributed by atoms with Crippen molar-refractivity contribution in [1.82, 2.24) is 0 Å². The van der Waals surface area contributed by atoms with Crippen molar-refractivity contribution in [3.63, 3.8) is 0 Å². The van der Waals surface area contributed by atoms with Gasteiger partial charge < -0.3 is 13.8 Å². The molecule has 0 aromatic heterocycles. The van der Waals surface area contributed by atoms with Gasteiger partial charge in [-0.2, -0.15) is 4.39 Å². The van der Waals surface area contributed by atoms with Crippen molar-refractivity contribution in [1.29, 1.82) is 0 Å². The van der Waals surface area contributed by atoms with Gasteiger partial charge in [0.2, 0.25) is 5.57 Å². The molecule has 19 heavy (non-hydrogen) atoms. The summed E-state index contributed by atoms with van der Waals surface area (Å²) in [6.07, 6.45) is 1.14. The van der Waals surface area contributed by atoms with Crippen molar-refractivity contribution in [3.05, 3.63) is 35.4 Å². The van der Waals surface area contributed by atoms with Gasteiger partial charge in [-0.15, -0.1) is 0 Å². The summed E-state index contributed by atoms with van der Waals surface area (Å²) >= 11 is 0. The van der Waals surface area contributed by atoms with E-state index >= 15 is 0 Å². The summed E-state index contributed by atoms with van der Waals surface area (Å²) in [7, 11) is -2.29. The maximum absolute atomic E-state index is 14.0. The molecule has 1 aromatic carbocycles. The van der Waals surface area contributed by atoms with Gasteiger partial charge in [0.15, 0.2) is 0 Å². The highest BCUT2D eigenvalue weighted by molar-refractivity contribution is 7.58. The van der Waals surface area contributed by atoms with E-state index < -0.39 is 13.2 Å². The lowest BCUT2D eigenvalue weighted by Crippen LogP contribution is -1.96. The average molecular weight is 288 g/mol. The van der Waals surface area contributed by atoms with Crippen molar-refractivity contribution < 1.29 is 22.7 Å². The van der Waals surface area contributed by atoms with Gasteiger partial charge in [0, 0.05) is 0 Å². The zero-order valence-electron chi connectivity index (χ0n) is 11.3. The monoisotopic (exact) mass is 288 g/mol.